The van der Waals surface area contributed by atoms with Gasteiger partial charge in [-0.2, -0.15) is 0 Å². The van der Waals surface area contributed by atoms with E-state index in [2.05, 4.69) is 164 Å². The van der Waals surface area contributed by atoms with Crippen LogP contribution < -0.4 is 11.5 Å². The van der Waals surface area contributed by atoms with E-state index in [1.54, 1.807) is 0 Å². The molecule has 0 unspecified atom stereocenters. The molecule has 1 heterocycles. The second kappa shape index (κ2) is 16.3. The van der Waals surface area contributed by atoms with E-state index in [0.29, 0.717) is 0 Å². The number of fused-ring (bicyclic) bond motifs is 5. The lowest BCUT2D eigenvalue weighted by Crippen LogP contribution is -2.11. The van der Waals surface area contributed by atoms with Crippen LogP contribution in [-0.2, 0) is 0 Å². The summed E-state index contributed by atoms with van der Waals surface area (Å²) in [4.78, 5) is 0. The minimum Gasteiger partial charge on any atom is -0.390 e. The molecule has 9 aromatic rings. The van der Waals surface area contributed by atoms with Crippen molar-refractivity contribution in [3.05, 3.63) is 205 Å². The van der Waals surface area contributed by atoms with Crippen LogP contribution >= 0.6 is 11.3 Å². The molecule has 0 spiro atoms. The van der Waals surface area contributed by atoms with Crippen LogP contribution in [-0.4, -0.2) is 6.34 Å². The van der Waals surface area contributed by atoms with Crippen molar-refractivity contribution in [1.82, 2.24) is 0 Å². The standard InChI is InChI=1S/C35H24S.C13H13N.CH4N2/c1-23-8-4-10-25(20-23)26-11-5-12-27(21-26)28-13-6-14-29(22-28)31-16-7-17-32-35(31)34-30-15-3-2-9-24(30)18-19-33(34)36-32;14-13(11-7-3-1-4-8-11)12-9-5-2-6-10-12;2-1-3/h2-22H,1H3;1-10,13H,14H2;1H,(H3,2,3). The normalized spacial score (nSPS) is 10.8. The molecule has 1 aromatic heterocycles. The highest BCUT2D eigenvalue weighted by atomic mass is 32.1. The summed E-state index contributed by atoms with van der Waals surface area (Å²) in [6.45, 7) is 2.15. The van der Waals surface area contributed by atoms with Gasteiger partial charge in [0.25, 0.3) is 0 Å². The average Bonchev–Trinajstić information content (AvgIpc) is 3.62. The number of hydrogen-bond acceptors (Lipinski definition) is 3. The Morgan fingerprint density at radius 1 is 0.491 bits per heavy atom. The van der Waals surface area contributed by atoms with E-state index in [4.69, 9.17) is 11.1 Å². The number of thiophene rings is 1. The summed E-state index contributed by atoms with van der Waals surface area (Å²) in [6, 6.07) is 66.9. The molecule has 0 aliphatic carbocycles. The molecule has 0 saturated carbocycles. The summed E-state index contributed by atoms with van der Waals surface area (Å²) >= 11 is 1.89. The molecule has 5 N–H and O–H groups in total. The Bertz CT molecular complexity index is 2590. The van der Waals surface area contributed by atoms with Gasteiger partial charge in [0.2, 0.25) is 0 Å². The fourth-order valence-corrected chi connectivity index (χ4v) is 8.06. The van der Waals surface area contributed by atoms with E-state index in [-0.39, 0.29) is 6.04 Å². The molecule has 0 aliphatic heterocycles. The Morgan fingerprint density at radius 3 is 1.60 bits per heavy atom. The van der Waals surface area contributed by atoms with E-state index >= 15 is 0 Å². The van der Waals surface area contributed by atoms with Crippen molar-refractivity contribution in [1.29, 1.82) is 5.41 Å². The summed E-state index contributed by atoms with van der Waals surface area (Å²) in [5, 5.41) is 11.2. The molecular formula is C49H41N3S. The van der Waals surface area contributed by atoms with E-state index in [1.807, 2.05) is 47.7 Å². The lowest BCUT2D eigenvalue weighted by Gasteiger charge is -2.11. The van der Waals surface area contributed by atoms with Crippen molar-refractivity contribution in [2.45, 2.75) is 13.0 Å². The molecular weight excluding hydrogens is 663 g/mol. The Kier molecular flexibility index (Phi) is 10.8. The van der Waals surface area contributed by atoms with E-state index in [1.165, 1.54) is 69.9 Å². The molecule has 9 rings (SSSR count). The van der Waals surface area contributed by atoms with Gasteiger partial charge in [0.1, 0.15) is 0 Å². The van der Waals surface area contributed by atoms with Crippen molar-refractivity contribution in [2.24, 2.45) is 11.5 Å². The van der Waals surface area contributed by atoms with Crippen molar-refractivity contribution >= 4 is 48.6 Å². The van der Waals surface area contributed by atoms with Gasteiger partial charge in [0.15, 0.2) is 0 Å². The minimum atomic E-state index is -0.0163. The average molecular weight is 704 g/mol. The van der Waals surface area contributed by atoms with Gasteiger partial charge in [-0.15, -0.1) is 11.3 Å². The van der Waals surface area contributed by atoms with Crippen molar-refractivity contribution in [3.63, 3.8) is 0 Å². The van der Waals surface area contributed by atoms with Crippen LogP contribution in [0.1, 0.15) is 22.7 Å². The first-order valence-corrected chi connectivity index (χ1v) is 18.5. The van der Waals surface area contributed by atoms with Crippen LogP contribution in [0.5, 0.6) is 0 Å². The molecule has 8 aromatic carbocycles. The van der Waals surface area contributed by atoms with Crippen molar-refractivity contribution in [2.75, 3.05) is 0 Å². The van der Waals surface area contributed by atoms with Crippen molar-refractivity contribution in [3.8, 4) is 33.4 Å². The topological polar surface area (TPSA) is 75.9 Å². The fourth-order valence-electron chi connectivity index (χ4n) is 6.91. The maximum atomic E-state index is 6.12. The summed E-state index contributed by atoms with van der Waals surface area (Å²) < 4.78 is 2.68. The quantitative estimate of drug-likeness (QED) is 0.123. The number of rotatable bonds is 5. The number of nitrogens with one attached hydrogen (secondary N) is 1. The summed E-state index contributed by atoms with van der Waals surface area (Å²) in [6.07, 6.45) is 0.750. The molecule has 0 atom stereocenters. The Hall–Kier alpha value is -6.33. The van der Waals surface area contributed by atoms with Crippen molar-refractivity contribution < 1.29 is 0 Å². The molecule has 53 heavy (non-hydrogen) atoms. The minimum absolute atomic E-state index is 0.0163. The van der Waals surface area contributed by atoms with E-state index < -0.39 is 0 Å². The molecule has 0 saturated heterocycles. The SMILES string of the molecule is Cc1cccc(-c2cccc(-c3cccc(-c4cccc5sc6ccc7ccccc7c6c45)c3)c2)c1.N=CN.NC(c1ccccc1)c1ccccc1. The predicted molar refractivity (Wildman–Crippen MR) is 230 cm³/mol. The van der Waals surface area contributed by atoms with Gasteiger partial charge in [0.05, 0.1) is 12.4 Å². The number of benzene rings is 8. The monoisotopic (exact) mass is 703 g/mol. The second-order valence-electron chi connectivity index (χ2n) is 12.9. The van der Waals surface area contributed by atoms with E-state index in [0.717, 1.165) is 17.5 Å². The van der Waals surface area contributed by atoms with Gasteiger partial charge in [-0.3, -0.25) is 5.41 Å². The van der Waals surface area contributed by atoms with Crippen LogP contribution in [0.2, 0.25) is 0 Å². The zero-order valence-corrected chi connectivity index (χ0v) is 30.4. The Balaban J connectivity index is 0.000000214. The predicted octanol–water partition coefficient (Wildman–Crippen LogP) is 12.8. The molecule has 4 heteroatoms. The molecule has 0 bridgehead atoms. The smallest absolute Gasteiger partial charge is 0.0765 e. The maximum Gasteiger partial charge on any atom is 0.0765 e. The van der Waals surface area contributed by atoms with Crippen LogP contribution in [0.3, 0.4) is 0 Å². The highest BCUT2D eigenvalue weighted by Crippen LogP contribution is 2.43. The lowest BCUT2D eigenvalue weighted by atomic mass is 9.93. The van der Waals surface area contributed by atoms with E-state index in [9.17, 15) is 0 Å². The van der Waals surface area contributed by atoms with Crippen LogP contribution in [0, 0.1) is 12.3 Å². The maximum absolute atomic E-state index is 6.12. The summed E-state index contributed by atoms with van der Waals surface area (Å²) in [5.74, 6) is 0. The number of nitrogens with two attached hydrogens (primary N) is 2. The van der Waals surface area contributed by atoms with Gasteiger partial charge in [-0.05, 0) is 86.5 Å². The summed E-state index contributed by atoms with van der Waals surface area (Å²) in [5.41, 5.74) is 21.6. The fraction of sp³-hybridized carbons (Fsp3) is 0.0408. The summed E-state index contributed by atoms with van der Waals surface area (Å²) in [7, 11) is 0. The highest BCUT2D eigenvalue weighted by Gasteiger charge is 2.14. The van der Waals surface area contributed by atoms with Crippen LogP contribution in [0.4, 0.5) is 0 Å². The second-order valence-corrected chi connectivity index (χ2v) is 14.0. The first kappa shape index (κ1) is 35.1. The molecule has 0 radical (unpaired) electrons. The van der Waals surface area contributed by atoms with Gasteiger partial charge in [-0.25, -0.2) is 0 Å². The zero-order valence-electron chi connectivity index (χ0n) is 29.6. The number of hydrogen-bond donors (Lipinski definition) is 3. The Morgan fingerprint density at radius 2 is 0.981 bits per heavy atom. The van der Waals surface area contributed by atoms with Gasteiger partial charge in [0, 0.05) is 20.2 Å². The Labute approximate surface area is 315 Å². The third kappa shape index (κ3) is 7.80. The van der Waals surface area contributed by atoms with Gasteiger partial charge < -0.3 is 11.5 Å². The van der Waals surface area contributed by atoms with Gasteiger partial charge >= 0.3 is 0 Å². The van der Waals surface area contributed by atoms with Crippen LogP contribution in [0.25, 0.3) is 64.3 Å². The molecule has 0 amide bonds. The molecule has 258 valence electrons. The van der Waals surface area contributed by atoms with Gasteiger partial charge in [-0.1, -0.05) is 169 Å². The lowest BCUT2D eigenvalue weighted by molar-refractivity contribution is 0.871. The largest absolute Gasteiger partial charge is 0.390 e. The zero-order chi connectivity index (χ0) is 36.6. The number of aryl methyl sites for hydroxylation is 1. The highest BCUT2D eigenvalue weighted by molar-refractivity contribution is 7.26. The third-order valence-corrected chi connectivity index (χ3v) is 10.5. The molecule has 0 fully saturated rings. The van der Waals surface area contributed by atoms with Crippen LogP contribution in [0.15, 0.2) is 188 Å². The first-order chi connectivity index (χ1) is 26.0. The molecule has 0 aliphatic rings. The molecule has 3 nitrogen and oxygen atoms in total. The third-order valence-electron chi connectivity index (χ3n) is 9.43. The first-order valence-electron chi connectivity index (χ1n) is 17.7.